The molecule has 0 bridgehead atoms. The largest absolute Gasteiger partial charge is 0.382 e. The predicted octanol–water partition coefficient (Wildman–Crippen LogP) is 2.34. The number of rotatable bonds is 7. The van der Waals surface area contributed by atoms with Gasteiger partial charge in [-0.05, 0) is 30.7 Å². The fourth-order valence-corrected chi connectivity index (χ4v) is 4.31. The van der Waals surface area contributed by atoms with E-state index in [0.717, 1.165) is 17.7 Å². The van der Waals surface area contributed by atoms with Gasteiger partial charge in [-0.15, -0.1) is 0 Å². The second kappa shape index (κ2) is 9.50. The number of halogens is 1. The minimum atomic E-state index is -0.385. The highest BCUT2D eigenvalue weighted by Crippen LogP contribution is 2.33. The Morgan fingerprint density at radius 2 is 2.03 bits per heavy atom. The van der Waals surface area contributed by atoms with Crippen molar-refractivity contribution in [2.75, 3.05) is 47.1 Å². The second-order valence-electron chi connectivity index (χ2n) is 8.13. The zero-order valence-corrected chi connectivity index (χ0v) is 18.9. The van der Waals surface area contributed by atoms with Gasteiger partial charge in [-0.2, -0.15) is 0 Å². The van der Waals surface area contributed by atoms with Crippen molar-refractivity contribution in [3.8, 4) is 11.4 Å². The Morgan fingerprint density at radius 1 is 1.28 bits per heavy atom. The van der Waals surface area contributed by atoms with Crippen molar-refractivity contribution in [1.29, 1.82) is 0 Å². The van der Waals surface area contributed by atoms with E-state index in [1.54, 1.807) is 40.5 Å². The molecule has 3 heterocycles. The van der Waals surface area contributed by atoms with Gasteiger partial charge in [-0.3, -0.25) is 4.79 Å². The molecule has 1 aliphatic heterocycles. The summed E-state index contributed by atoms with van der Waals surface area (Å²) in [5.41, 5.74) is 2.85. The number of hydrogen-bond acceptors (Lipinski definition) is 6. The first-order valence-electron chi connectivity index (χ1n) is 10.6. The van der Waals surface area contributed by atoms with Crippen LogP contribution in [0.4, 0.5) is 4.39 Å². The third-order valence-corrected chi connectivity index (χ3v) is 5.76. The summed E-state index contributed by atoms with van der Waals surface area (Å²) in [5.74, 6) is 0.167. The molecule has 4 rings (SSSR count). The number of nitrogens with zero attached hydrogens (tertiary/aromatic N) is 3. The van der Waals surface area contributed by atoms with Crippen molar-refractivity contribution in [2.24, 2.45) is 7.05 Å². The van der Waals surface area contributed by atoms with Gasteiger partial charge in [0.05, 0.1) is 37.5 Å². The summed E-state index contributed by atoms with van der Waals surface area (Å²) in [6.45, 7) is 4.36. The van der Waals surface area contributed by atoms with Crippen LogP contribution in [-0.2, 0) is 21.3 Å². The van der Waals surface area contributed by atoms with Gasteiger partial charge >= 0.3 is 0 Å². The molecule has 1 aliphatic rings. The van der Waals surface area contributed by atoms with Crippen LogP contribution in [0.5, 0.6) is 0 Å². The van der Waals surface area contributed by atoms with Gasteiger partial charge < -0.3 is 28.7 Å². The minimum Gasteiger partial charge on any atom is -0.382 e. The summed E-state index contributed by atoms with van der Waals surface area (Å²) in [7, 11) is 4.89. The van der Waals surface area contributed by atoms with E-state index in [2.05, 4.69) is 5.32 Å². The summed E-state index contributed by atoms with van der Waals surface area (Å²) in [6.07, 6.45) is 1.49. The monoisotopic (exact) mass is 444 g/mol. The standard InChI is InChI=1S/C23H29FN4O4/c1-14-7-16(11-27(2)23(14)29)22-26-19-9-15(20-10-25-5-6-32-20)8-18(24)21(19)28(22)17(12-30-3)13-31-4/h7-9,11,17,20,25H,5-6,10,12-13H2,1-4H3. The fourth-order valence-electron chi connectivity index (χ4n) is 4.31. The Bertz CT molecular complexity index is 1130. The zero-order chi connectivity index (χ0) is 22.8. The second-order valence-corrected chi connectivity index (χ2v) is 8.13. The average molecular weight is 445 g/mol. The normalized spacial score (nSPS) is 16.9. The van der Waals surface area contributed by atoms with Gasteiger partial charge in [0.15, 0.2) is 0 Å². The van der Waals surface area contributed by atoms with Crippen LogP contribution in [-0.4, -0.2) is 61.2 Å². The lowest BCUT2D eigenvalue weighted by molar-refractivity contribution is 0.0276. The molecule has 9 heteroatoms. The highest BCUT2D eigenvalue weighted by molar-refractivity contribution is 5.82. The van der Waals surface area contributed by atoms with Crippen molar-refractivity contribution < 1.29 is 18.6 Å². The molecular weight excluding hydrogens is 415 g/mol. The smallest absolute Gasteiger partial charge is 0.253 e. The number of fused-ring (bicyclic) bond motifs is 1. The van der Waals surface area contributed by atoms with E-state index in [-0.39, 0.29) is 23.5 Å². The van der Waals surface area contributed by atoms with Crippen LogP contribution in [0.15, 0.2) is 29.2 Å². The maximum absolute atomic E-state index is 15.6. The number of pyridine rings is 1. The highest BCUT2D eigenvalue weighted by Gasteiger charge is 2.26. The molecule has 0 spiro atoms. The predicted molar refractivity (Wildman–Crippen MR) is 119 cm³/mol. The summed E-state index contributed by atoms with van der Waals surface area (Å²) < 4.78 is 35.6. The maximum Gasteiger partial charge on any atom is 0.253 e. The van der Waals surface area contributed by atoms with Crippen LogP contribution in [0.1, 0.15) is 23.3 Å². The van der Waals surface area contributed by atoms with Gasteiger partial charge in [-0.1, -0.05) is 0 Å². The Labute approximate surface area is 185 Å². The molecule has 1 fully saturated rings. The van der Waals surface area contributed by atoms with Crippen LogP contribution in [0.2, 0.25) is 0 Å². The summed E-state index contributed by atoms with van der Waals surface area (Å²) >= 11 is 0. The molecule has 32 heavy (non-hydrogen) atoms. The molecule has 2 aromatic heterocycles. The molecule has 1 N–H and O–H groups in total. The van der Waals surface area contributed by atoms with Gasteiger partial charge in [0, 0.05) is 51.7 Å². The Morgan fingerprint density at radius 3 is 2.66 bits per heavy atom. The lowest BCUT2D eigenvalue weighted by Gasteiger charge is -2.24. The lowest BCUT2D eigenvalue weighted by atomic mass is 10.1. The van der Waals surface area contributed by atoms with Crippen molar-refractivity contribution in [1.82, 2.24) is 19.4 Å². The summed E-state index contributed by atoms with van der Waals surface area (Å²) in [6, 6.07) is 4.87. The molecule has 1 unspecified atom stereocenters. The topological polar surface area (TPSA) is 79.5 Å². The molecule has 3 aromatic rings. The number of nitrogens with one attached hydrogen (secondary N) is 1. The first-order valence-corrected chi connectivity index (χ1v) is 10.6. The van der Waals surface area contributed by atoms with Crippen LogP contribution in [0, 0.1) is 12.7 Å². The van der Waals surface area contributed by atoms with Crippen LogP contribution >= 0.6 is 0 Å². The number of aromatic nitrogens is 3. The van der Waals surface area contributed by atoms with Crippen LogP contribution in [0.25, 0.3) is 22.4 Å². The Kier molecular flexibility index (Phi) is 6.71. The molecule has 1 saturated heterocycles. The van der Waals surface area contributed by atoms with Crippen LogP contribution in [0.3, 0.4) is 0 Å². The number of morpholine rings is 1. The number of imidazole rings is 1. The number of aryl methyl sites for hydroxylation is 2. The lowest BCUT2D eigenvalue weighted by Crippen LogP contribution is -2.33. The molecule has 0 saturated carbocycles. The first kappa shape index (κ1) is 22.6. The number of ether oxygens (including phenoxy) is 3. The van der Waals surface area contributed by atoms with E-state index in [1.165, 1.54) is 10.6 Å². The summed E-state index contributed by atoms with van der Waals surface area (Å²) in [5, 5.41) is 3.27. The highest BCUT2D eigenvalue weighted by atomic mass is 19.1. The molecule has 0 radical (unpaired) electrons. The molecule has 0 amide bonds. The minimum absolute atomic E-state index is 0.0860. The average Bonchev–Trinajstić information content (AvgIpc) is 3.17. The molecule has 1 atom stereocenters. The third-order valence-electron chi connectivity index (χ3n) is 5.76. The fraction of sp³-hybridized carbons (Fsp3) is 0.478. The molecule has 1 aromatic carbocycles. The van der Waals surface area contributed by atoms with E-state index >= 15 is 4.39 Å². The van der Waals surface area contributed by atoms with Gasteiger partial charge in [0.2, 0.25) is 0 Å². The van der Waals surface area contributed by atoms with E-state index in [4.69, 9.17) is 19.2 Å². The summed E-state index contributed by atoms with van der Waals surface area (Å²) in [4.78, 5) is 17.1. The number of methoxy groups -OCH3 is 2. The van der Waals surface area contributed by atoms with Crippen molar-refractivity contribution >= 4 is 11.0 Å². The van der Waals surface area contributed by atoms with E-state index < -0.39 is 0 Å². The first-order chi connectivity index (χ1) is 15.4. The molecular formula is C23H29FN4O4. The number of hydrogen-bond donors (Lipinski definition) is 1. The number of benzene rings is 1. The van der Waals surface area contributed by atoms with Gasteiger partial charge in [0.1, 0.15) is 17.2 Å². The van der Waals surface area contributed by atoms with Crippen molar-refractivity contribution in [2.45, 2.75) is 19.1 Å². The van der Waals surface area contributed by atoms with E-state index in [9.17, 15) is 4.79 Å². The van der Waals surface area contributed by atoms with E-state index in [0.29, 0.717) is 48.8 Å². The zero-order valence-electron chi connectivity index (χ0n) is 18.9. The Hall–Kier alpha value is -2.59. The molecule has 172 valence electrons. The van der Waals surface area contributed by atoms with Crippen molar-refractivity contribution in [3.63, 3.8) is 0 Å². The third kappa shape index (κ3) is 4.21. The van der Waals surface area contributed by atoms with Gasteiger partial charge in [-0.25, -0.2) is 9.37 Å². The molecule has 8 nitrogen and oxygen atoms in total. The quantitative estimate of drug-likeness (QED) is 0.603. The Balaban J connectivity index is 1.95. The van der Waals surface area contributed by atoms with Crippen LogP contribution < -0.4 is 10.9 Å². The van der Waals surface area contributed by atoms with Crippen molar-refractivity contribution in [3.05, 3.63) is 51.7 Å². The van der Waals surface area contributed by atoms with Gasteiger partial charge in [0.25, 0.3) is 5.56 Å². The van der Waals surface area contributed by atoms with E-state index in [1.807, 2.05) is 10.6 Å². The maximum atomic E-state index is 15.6. The SMILES string of the molecule is COCC(COC)n1c(-c2cc(C)c(=O)n(C)c2)nc2cc(C3CNCCO3)cc(F)c21. The molecule has 0 aliphatic carbocycles.